The molecule has 1 saturated carbocycles. The van der Waals surface area contributed by atoms with E-state index in [0.717, 1.165) is 32.4 Å². The highest BCUT2D eigenvalue weighted by atomic mass is 16.5. The maximum absolute atomic E-state index is 13.7. The van der Waals surface area contributed by atoms with Gasteiger partial charge in [0, 0.05) is 44.2 Å². The van der Waals surface area contributed by atoms with Crippen LogP contribution in [-0.2, 0) is 9.59 Å². The van der Waals surface area contributed by atoms with Crippen LogP contribution < -0.4 is 10.1 Å². The minimum absolute atomic E-state index is 0.00851. The third-order valence-corrected chi connectivity index (χ3v) is 7.01. The van der Waals surface area contributed by atoms with E-state index in [4.69, 9.17) is 4.74 Å². The van der Waals surface area contributed by atoms with Gasteiger partial charge in [-0.25, -0.2) is 0 Å². The fourth-order valence-corrected chi connectivity index (χ4v) is 5.07. The molecule has 0 radical (unpaired) electrons. The van der Waals surface area contributed by atoms with Crippen molar-refractivity contribution in [3.05, 3.63) is 29.8 Å². The van der Waals surface area contributed by atoms with Crippen LogP contribution in [0, 0.1) is 11.8 Å². The molecule has 1 aliphatic carbocycles. The topological polar surface area (TPSA) is 82.2 Å². The predicted octanol–water partition coefficient (Wildman–Crippen LogP) is 1.99. The summed E-state index contributed by atoms with van der Waals surface area (Å²) in [5.41, 5.74) is 0.499. The second-order valence-electron chi connectivity index (χ2n) is 10.2. The van der Waals surface area contributed by atoms with Crippen molar-refractivity contribution in [2.45, 2.75) is 51.6 Å². The van der Waals surface area contributed by atoms with Crippen LogP contribution in [0.2, 0.25) is 0 Å². The molecule has 2 heterocycles. The Balaban J connectivity index is 1.61. The Morgan fingerprint density at radius 2 is 1.97 bits per heavy atom. The van der Waals surface area contributed by atoms with E-state index in [1.54, 1.807) is 36.3 Å². The highest BCUT2D eigenvalue weighted by Gasteiger charge is 2.46. The molecule has 1 aromatic rings. The maximum Gasteiger partial charge on any atom is 0.254 e. The second kappa shape index (κ2) is 10.8. The Morgan fingerprint density at radius 3 is 2.68 bits per heavy atom. The second-order valence-corrected chi connectivity index (χ2v) is 10.2. The number of hydrogen-bond acceptors (Lipinski definition) is 5. The van der Waals surface area contributed by atoms with E-state index >= 15 is 0 Å². The molecule has 2 aliphatic heterocycles. The molecule has 1 N–H and O–H groups in total. The first-order valence-electron chi connectivity index (χ1n) is 12.6. The summed E-state index contributed by atoms with van der Waals surface area (Å²) in [6, 6.07) is 6.35. The van der Waals surface area contributed by atoms with Gasteiger partial charge in [-0.05, 0) is 56.3 Å². The van der Waals surface area contributed by atoms with Gasteiger partial charge >= 0.3 is 0 Å². The molecule has 34 heavy (non-hydrogen) atoms. The van der Waals surface area contributed by atoms with E-state index in [-0.39, 0.29) is 29.7 Å². The van der Waals surface area contributed by atoms with Crippen molar-refractivity contribution < 1.29 is 19.1 Å². The minimum Gasteiger partial charge on any atom is -0.497 e. The van der Waals surface area contributed by atoms with Gasteiger partial charge in [0.25, 0.3) is 5.91 Å². The number of ether oxygens (including phenoxy) is 1. The number of carbonyl (C=O) groups is 3. The van der Waals surface area contributed by atoms with E-state index in [2.05, 4.69) is 19.2 Å². The van der Waals surface area contributed by atoms with E-state index in [9.17, 15) is 14.4 Å². The van der Waals surface area contributed by atoms with Crippen molar-refractivity contribution >= 4 is 17.7 Å². The molecule has 2 atom stereocenters. The van der Waals surface area contributed by atoms with Crippen LogP contribution in [0.3, 0.4) is 0 Å². The first kappa shape index (κ1) is 24.5. The summed E-state index contributed by atoms with van der Waals surface area (Å²) in [6.07, 6.45) is 3.26. The molecule has 8 nitrogen and oxygen atoms in total. The number of nitrogens with one attached hydrogen (secondary N) is 1. The molecule has 0 spiro atoms. The van der Waals surface area contributed by atoms with Crippen LogP contribution in [-0.4, -0.2) is 90.9 Å². The third kappa shape index (κ3) is 5.54. The number of methoxy groups -OCH3 is 1. The van der Waals surface area contributed by atoms with Crippen LogP contribution in [0.15, 0.2) is 24.3 Å². The van der Waals surface area contributed by atoms with Crippen LogP contribution in [0.4, 0.5) is 0 Å². The lowest BCUT2D eigenvalue weighted by atomic mass is 10.1. The predicted molar refractivity (Wildman–Crippen MR) is 130 cm³/mol. The number of benzene rings is 1. The van der Waals surface area contributed by atoms with Crippen LogP contribution in [0.5, 0.6) is 5.75 Å². The molecule has 8 heteroatoms. The standard InChI is InChI=1S/C26H38N4O4/c1-18(2)16-29(24(31)19-8-9-19)21-15-23(26(33)28-12-5-10-27-11-13-28)30(17-21)25(32)20-6-4-7-22(14-20)34-3/h4,6-7,14,18-19,21,23,27H,5,8-13,15-17H2,1-3H3. The fraction of sp³-hybridized carbons (Fsp3) is 0.654. The Hall–Kier alpha value is -2.61. The number of hydrogen-bond donors (Lipinski definition) is 1. The van der Waals surface area contributed by atoms with Gasteiger partial charge in [-0.1, -0.05) is 19.9 Å². The Kier molecular flexibility index (Phi) is 7.76. The zero-order valence-corrected chi connectivity index (χ0v) is 20.7. The number of carbonyl (C=O) groups excluding carboxylic acids is 3. The van der Waals surface area contributed by atoms with Crippen molar-refractivity contribution in [1.82, 2.24) is 20.0 Å². The largest absolute Gasteiger partial charge is 0.497 e. The Bertz CT molecular complexity index is 893. The van der Waals surface area contributed by atoms with Gasteiger partial charge in [0.2, 0.25) is 11.8 Å². The molecule has 186 valence electrons. The molecule has 2 saturated heterocycles. The number of nitrogens with zero attached hydrogens (tertiary/aromatic N) is 3. The summed E-state index contributed by atoms with van der Waals surface area (Å²) in [7, 11) is 1.57. The van der Waals surface area contributed by atoms with E-state index in [1.807, 2.05) is 9.80 Å². The molecule has 2 unspecified atom stereocenters. The minimum atomic E-state index is -0.566. The van der Waals surface area contributed by atoms with Crippen LogP contribution in [0.1, 0.15) is 49.9 Å². The fourth-order valence-electron chi connectivity index (χ4n) is 5.07. The summed E-state index contributed by atoms with van der Waals surface area (Å²) >= 11 is 0. The number of amides is 3. The zero-order valence-electron chi connectivity index (χ0n) is 20.7. The van der Waals surface area contributed by atoms with Crippen LogP contribution in [0.25, 0.3) is 0 Å². The van der Waals surface area contributed by atoms with Gasteiger partial charge in [0.05, 0.1) is 13.2 Å². The van der Waals surface area contributed by atoms with E-state index in [0.29, 0.717) is 49.8 Å². The molecular weight excluding hydrogens is 432 g/mol. The monoisotopic (exact) mass is 470 g/mol. The first-order valence-corrected chi connectivity index (χ1v) is 12.6. The van der Waals surface area contributed by atoms with E-state index < -0.39 is 6.04 Å². The Morgan fingerprint density at radius 1 is 1.18 bits per heavy atom. The molecule has 3 fully saturated rings. The lowest BCUT2D eigenvalue weighted by Gasteiger charge is -2.31. The van der Waals surface area contributed by atoms with Crippen molar-refractivity contribution in [3.63, 3.8) is 0 Å². The summed E-state index contributed by atoms with van der Waals surface area (Å²) in [6.45, 7) is 8.21. The molecule has 3 amide bonds. The van der Waals surface area contributed by atoms with Crippen molar-refractivity contribution in [2.24, 2.45) is 11.8 Å². The molecule has 0 aromatic heterocycles. The average molecular weight is 471 g/mol. The van der Waals surface area contributed by atoms with Gasteiger partial charge in [-0.2, -0.15) is 0 Å². The Labute approximate surface area is 202 Å². The van der Waals surface area contributed by atoms with Gasteiger partial charge < -0.3 is 24.8 Å². The summed E-state index contributed by atoms with van der Waals surface area (Å²) in [5.74, 6) is 1.01. The van der Waals surface area contributed by atoms with Gasteiger partial charge in [0.1, 0.15) is 11.8 Å². The average Bonchev–Trinajstić information content (AvgIpc) is 3.64. The van der Waals surface area contributed by atoms with Gasteiger partial charge in [-0.3, -0.25) is 14.4 Å². The summed E-state index contributed by atoms with van der Waals surface area (Å²) < 4.78 is 5.31. The SMILES string of the molecule is COc1cccc(C(=O)N2CC(N(CC(C)C)C(=O)C3CC3)CC2C(=O)N2CCCNCC2)c1. The van der Waals surface area contributed by atoms with Crippen molar-refractivity contribution in [2.75, 3.05) is 46.4 Å². The smallest absolute Gasteiger partial charge is 0.254 e. The lowest BCUT2D eigenvalue weighted by Crippen LogP contribution is -2.48. The molecule has 3 aliphatic rings. The highest BCUT2D eigenvalue weighted by Crippen LogP contribution is 2.35. The maximum atomic E-state index is 13.7. The van der Waals surface area contributed by atoms with Gasteiger partial charge in [0.15, 0.2) is 0 Å². The van der Waals surface area contributed by atoms with Crippen LogP contribution >= 0.6 is 0 Å². The summed E-state index contributed by atoms with van der Waals surface area (Å²) in [5, 5.41) is 3.34. The van der Waals surface area contributed by atoms with Gasteiger partial charge in [-0.15, -0.1) is 0 Å². The third-order valence-electron chi connectivity index (χ3n) is 7.01. The van der Waals surface area contributed by atoms with Crippen molar-refractivity contribution in [1.29, 1.82) is 0 Å². The molecular formula is C26H38N4O4. The number of likely N-dealkylation sites (tertiary alicyclic amines) is 1. The molecule has 4 rings (SSSR count). The quantitative estimate of drug-likeness (QED) is 0.659. The lowest BCUT2D eigenvalue weighted by molar-refractivity contribution is -0.137. The first-order chi connectivity index (χ1) is 16.4. The normalized spacial score (nSPS) is 23.1. The number of rotatable bonds is 7. The molecule has 0 bridgehead atoms. The van der Waals surface area contributed by atoms with E-state index in [1.165, 1.54) is 0 Å². The highest BCUT2D eigenvalue weighted by molar-refractivity contribution is 5.98. The van der Waals surface area contributed by atoms with Crippen molar-refractivity contribution in [3.8, 4) is 5.75 Å². The summed E-state index contributed by atoms with van der Waals surface area (Å²) in [4.78, 5) is 46.1. The molecule has 1 aromatic carbocycles. The zero-order chi connectivity index (χ0) is 24.2.